The maximum atomic E-state index is 12.7. The van der Waals surface area contributed by atoms with Gasteiger partial charge in [-0.2, -0.15) is 13.2 Å². The molecule has 3 N–H and O–H groups in total. The van der Waals surface area contributed by atoms with E-state index in [9.17, 15) is 22.8 Å². The van der Waals surface area contributed by atoms with Gasteiger partial charge in [0.05, 0.1) is 12.5 Å². The van der Waals surface area contributed by atoms with Crippen LogP contribution < -0.4 is 10.6 Å². The van der Waals surface area contributed by atoms with Crippen LogP contribution in [-0.4, -0.2) is 33.7 Å². The van der Waals surface area contributed by atoms with Gasteiger partial charge in [0.25, 0.3) is 5.91 Å². The maximum Gasteiger partial charge on any atom is 0.470 e. The summed E-state index contributed by atoms with van der Waals surface area (Å²) < 4.78 is 42.8. The minimum Gasteiger partial charge on any atom is -0.481 e. The average molecular weight is 476 g/mol. The summed E-state index contributed by atoms with van der Waals surface area (Å²) >= 11 is 0. The summed E-state index contributed by atoms with van der Waals surface area (Å²) in [6, 6.07) is 13.4. The lowest BCUT2D eigenvalue weighted by Crippen LogP contribution is -2.26. The maximum absolute atomic E-state index is 12.7. The molecule has 0 spiro atoms. The Bertz CT molecular complexity index is 1130. The number of aromatic nitrogens is 2. The van der Waals surface area contributed by atoms with Crippen molar-refractivity contribution in [3.8, 4) is 11.5 Å². The molecule has 0 bridgehead atoms. The molecule has 1 amide bonds. The number of nitrogens with zero attached hydrogens (tertiary/aromatic N) is 2. The van der Waals surface area contributed by atoms with Gasteiger partial charge in [-0.15, -0.1) is 10.2 Å². The van der Waals surface area contributed by atoms with Crippen molar-refractivity contribution < 1.29 is 32.3 Å². The number of carboxylic acids is 1. The molecule has 0 saturated carbocycles. The summed E-state index contributed by atoms with van der Waals surface area (Å²) in [5.41, 5.74) is 2.42. The number of nitrogens with one attached hydrogen (secondary N) is 2. The second kappa shape index (κ2) is 10.4. The molecule has 1 atom stereocenters. The van der Waals surface area contributed by atoms with E-state index in [0.29, 0.717) is 11.1 Å². The van der Waals surface area contributed by atoms with Crippen molar-refractivity contribution in [3.63, 3.8) is 0 Å². The Labute approximate surface area is 193 Å². The van der Waals surface area contributed by atoms with E-state index in [1.54, 1.807) is 48.5 Å². The summed E-state index contributed by atoms with van der Waals surface area (Å²) in [6.07, 6.45) is -4.86. The lowest BCUT2D eigenvalue weighted by molar-refractivity contribution is -0.157. The van der Waals surface area contributed by atoms with E-state index in [1.165, 1.54) is 0 Å². The molecular formula is C23H23F3N4O4. The lowest BCUT2D eigenvalue weighted by atomic mass is 9.94. The van der Waals surface area contributed by atoms with Crippen molar-refractivity contribution in [2.24, 2.45) is 5.92 Å². The lowest BCUT2D eigenvalue weighted by Gasteiger charge is -2.24. The van der Waals surface area contributed by atoms with Crippen LogP contribution in [0, 0.1) is 5.92 Å². The first-order valence-electron chi connectivity index (χ1n) is 10.4. The highest BCUT2D eigenvalue weighted by Gasteiger charge is 2.38. The summed E-state index contributed by atoms with van der Waals surface area (Å²) in [5.74, 6) is -2.81. The molecule has 0 fully saturated rings. The number of hydrogen-bond donors (Lipinski definition) is 3. The first kappa shape index (κ1) is 24.7. The summed E-state index contributed by atoms with van der Waals surface area (Å²) in [4.78, 5) is 22.6. The van der Waals surface area contributed by atoms with Gasteiger partial charge in [-0.3, -0.25) is 9.59 Å². The number of aliphatic carboxylic acids is 1. The monoisotopic (exact) mass is 476 g/mol. The number of carboxylic acid groups (broad SMARTS) is 1. The van der Waals surface area contributed by atoms with E-state index in [4.69, 9.17) is 9.52 Å². The standard InChI is InChI=1S/C23H23F3N4O4/c1-13(2)19(28-17-9-7-15(8-10-17)20(33)27-12-11-18(31)32)14-3-5-16(6-4-14)21-29-30-22(34-21)23(24,25)26/h3-10,13,19,28H,11-12H2,1-2H3,(H,27,33)(H,31,32)/t19-/m0/s1. The average Bonchev–Trinajstić information content (AvgIpc) is 3.28. The van der Waals surface area contributed by atoms with Crippen molar-refractivity contribution in [1.29, 1.82) is 0 Å². The molecule has 0 radical (unpaired) electrons. The Balaban J connectivity index is 1.69. The summed E-state index contributed by atoms with van der Waals surface area (Å²) in [5, 5.41) is 21.1. The fourth-order valence-corrected chi connectivity index (χ4v) is 3.20. The molecule has 3 rings (SSSR count). The predicted octanol–water partition coefficient (Wildman–Crippen LogP) is 4.77. The van der Waals surface area contributed by atoms with E-state index in [0.717, 1.165) is 11.3 Å². The zero-order valence-corrected chi connectivity index (χ0v) is 18.4. The zero-order chi connectivity index (χ0) is 24.9. The molecular weight excluding hydrogens is 453 g/mol. The van der Waals surface area contributed by atoms with Gasteiger partial charge in [-0.05, 0) is 47.9 Å². The van der Waals surface area contributed by atoms with E-state index >= 15 is 0 Å². The first-order valence-corrected chi connectivity index (χ1v) is 10.4. The van der Waals surface area contributed by atoms with Gasteiger partial charge in [0, 0.05) is 23.4 Å². The van der Waals surface area contributed by atoms with Gasteiger partial charge >= 0.3 is 18.0 Å². The second-order valence-electron chi connectivity index (χ2n) is 7.88. The molecule has 0 aliphatic carbocycles. The van der Waals surface area contributed by atoms with E-state index in [1.807, 2.05) is 13.8 Å². The third kappa shape index (κ3) is 6.33. The highest BCUT2D eigenvalue weighted by Crippen LogP contribution is 2.32. The predicted molar refractivity (Wildman–Crippen MR) is 117 cm³/mol. The molecule has 180 valence electrons. The Hall–Kier alpha value is -3.89. The van der Waals surface area contributed by atoms with Crippen molar-refractivity contribution in [2.75, 3.05) is 11.9 Å². The number of rotatable bonds is 9. The van der Waals surface area contributed by atoms with Crippen molar-refractivity contribution in [1.82, 2.24) is 15.5 Å². The number of halogens is 3. The number of anilines is 1. The molecule has 1 aromatic heterocycles. The number of carbonyl (C=O) groups is 2. The van der Waals surface area contributed by atoms with Gasteiger partial charge in [0.15, 0.2) is 0 Å². The third-order valence-electron chi connectivity index (χ3n) is 4.94. The van der Waals surface area contributed by atoms with Crippen LogP contribution >= 0.6 is 0 Å². The van der Waals surface area contributed by atoms with Crippen LogP contribution in [0.3, 0.4) is 0 Å². The SMILES string of the molecule is CC(C)[C@H](Nc1ccc(C(=O)NCCC(=O)O)cc1)c1ccc(-c2nnc(C(F)(F)F)o2)cc1. The molecule has 0 aliphatic rings. The molecule has 3 aromatic rings. The van der Waals surface area contributed by atoms with Crippen LogP contribution in [0.25, 0.3) is 11.5 Å². The second-order valence-corrected chi connectivity index (χ2v) is 7.88. The number of benzene rings is 2. The highest BCUT2D eigenvalue weighted by atomic mass is 19.4. The third-order valence-corrected chi connectivity index (χ3v) is 4.94. The van der Waals surface area contributed by atoms with Gasteiger partial charge in [-0.1, -0.05) is 26.0 Å². The molecule has 2 aromatic carbocycles. The molecule has 34 heavy (non-hydrogen) atoms. The summed E-state index contributed by atoms with van der Waals surface area (Å²) in [6.45, 7) is 4.08. The van der Waals surface area contributed by atoms with Crippen LogP contribution in [0.2, 0.25) is 0 Å². The quantitative estimate of drug-likeness (QED) is 0.407. The van der Waals surface area contributed by atoms with Gasteiger partial charge in [0.2, 0.25) is 5.89 Å². The molecule has 11 heteroatoms. The van der Waals surface area contributed by atoms with Crippen LogP contribution in [0.5, 0.6) is 0 Å². The Morgan fingerprint density at radius 2 is 1.68 bits per heavy atom. The van der Waals surface area contributed by atoms with Gasteiger partial charge < -0.3 is 20.2 Å². The number of carbonyl (C=O) groups excluding carboxylic acids is 1. The van der Waals surface area contributed by atoms with Gasteiger partial charge in [0.1, 0.15) is 0 Å². The van der Waals surface area contributed by atoms with Crippen molar-refractivity contribution in [2.45, 2.75) is 32.5 Å². The van der Waals surface area contributed by atoms with Gasteiger partial charge in [-0.25, -0.2) is 0 Å². The topological polar surface area (TPSA) is 117 Å². The minimum atomic E-state index is -4.70. The van der Waals surface area contributed by atoms with Crippen LogP contribution in [0.15, 0.2) is 52.9 Å². The number of hydrogen-bond acceptors (Lipinski definition) is 6. The first-order chi connectivity index (χ1) is 16.0. The Morgan fingerprint density at radius 1 is 1.03 bits per heavy atom. The van der Waals surface area contributed by atoms with Crippen molar-refractivity contribution >= 4 is 17.6 Å². The Morgan fingerprint density at radius 3 is 2.21 bits per heavy atom. The zero-order valence-electron chi connectivity index (χ0n) is 18.4. The Kier molecular flexibility index (Phi) is 7.54. The molecule has 8 nitrogen and oxygen atoms in total. The van der Waals surface area contributed by atoms with Crippen LogP contribution in [0.1, 0.15) is 48.1 Å². The largest absolute Gasteiger partial charge is 0.481 e. The molecule has 0 saturated heterocycles. The number of amides is 1. The highest BCUT2D eigenvalue weighted by molar-refractivity contribution is 5.94. The molecule has 1 heterocycles. The molecule has 0 unspecified atom stereocenters. The van der Waals surface area contributed by atoms with E-state index in [2.05, 4.69) is 20.8 Å². The van der Waals surface area contributed by atoms with E-state index in [-0.39, 0.29) is 36.7 Å². The molecule has 0 aliphatic heterocycles. The fourth-order valence-electron chi connectivity index (χ4n) is 3.20. The van der Waals surface area contributed by atoms with E-state index < -0.39 is 18.0 Å². The fraction of sp³-hybridized carbons (Fsp3) is 0.304. The smallest absolute Gasteiger partial charge is 0.470 e. The van der Waals surface area contributed by atoms with Crippen molar-refractivity contribution in [3.05, 3.63) is 65.5 Å². The minimum absolute atomic E-state index is 0.0424. The summed E-state index contributed by atoms with van der Waals surface area (Å²) in [7, 11) is 0. The normalized spacial score (nSPS) is 12.4. The van der Waals surface area contributed by atoms with Crippen LogP contribution in [0.4, 0.5) is 18.9 Å². The van der Waals surface area contributed by atoms with Crippen LogP contribution in [-0.2, 0) is 11.0 Å². The number of alkyl halides is 3.